The van der Waals surface area contributed by atoms with Gasteiger partial charge in [0.05, 0.1) is 6.04 Å². The van der Waals surface area contributed by atoms with Crippen LogP contribution in [0.1, 0.15) is 31.7 Å². The van der Waals surface area contributed by atoms with Crippen LogP contribution in [0.15, 0.2) is 24.3 Å². The van der Waals surface area contributed by atoms with Crippen molar-refractivity contribution in [1.29, 1.82) is 0 Å². The molecule has 0 radical (unpaired) electrons. The van der Waals surface area contributed by atoms with Crippen molar-refractivity contribution in [3.05, 3.63) is 34.9 Å². The highest BCUT2D eigenvalue weighted by Crippen LogP contribution is 2.32. The minimum atomic E-state index is 0.199. The molecule has 0 fully saturated rings. The monoisotopic (exact) mass is 292 g/mol. The fourth-order valence-corrected chi connectivity index (χ4v) is 2.90. The molecular weight excluding hydrogens is 272 g/mol. The van der Waals surface area contributed by atoms with Gasteiger partial charge in [0.1, 0.15) is 0 Å². The van der Waals surface area contributed by atoms with Gasteiger partial charge in [0, 0.05) is 29.9 Å². The maximum Gasteiger partial charge on any atom is 0.210 e. The van der Waals surface area contributed by atoms with Gasteiger partial charge in [-0.25, -0.2) is 0 Å². The van der Waals surface area contributed by atoms with Crippen molar-refractivity contribution >= 4 is 29.3 Å². The zero-order valence-corrected chi connectivity index (χ0v) is 12.8. The number of nitrogens with zero attached hydrogens (tertiary/aromatic N) is 1. The molecule has 1 aromatic carbocycles. The second kappa shape index (κ2) is 6.80. The standard InChI is InChI=1S/C16H21ClN2O/c1-3-4-14-9-12(7-8-19(14)11-20)15-10-13(17)5-6-16(15)18-2/h5-6,9-11,14,18H,3-4,7-8H2,1-2H3. The Hall–Kier alpha value is -1.48. The van der Waals surface area contributed by atoms with Crippen LogP contribution in [0.2, 0.25) is 5.02 Å². The maximum absolute atomic E-state index is 11.1. The molecule has 20 heavy (non-hydrogen) atoms. The van der Waals surface area contributed by atoms with E-state index in [1.807, 2.05) is 30.1 Å². The molecule has 0 bridgehead atoms. The first-order valence-corrected chi connectivity index (χ1v) is 7.46. The summed E-state index contributed by atoms with van der Waals surface area (Å²) in [5.41, 5.74) is 3.50. The van der Waals surface area contributed by atoms with Crippen molar-refractivity contribution in [1.82, 2.24) is 4.90 Å². The lowest BCUT2D eigenvalue weighted by Gasteiger charge is -2.32. The number of rotatable bonds is 5. The average molecular weight is 293 g/mol. The number of carbonyl (C=O) groups excluding carboxylic acids is 1. The molecule has 4 heteroatoms. The van der Waals surface area contributed by atoms with Gasteiger partial charge in [-0.1, -0.05) is 31.0 Å². The van der Waals surface area contributed by atoms with Crippen LogP contribution in [0, 0.1) is 0 Å². The number of anilines is 1. The average Bonchev–Trinajstić information content (AvgIpc) is 2.47. The molecule has 1 heterocycles. The van der Waals surface area contributed by atoms with Crippen LogP contribution < -0.4 is 5.32 Å². The topological polar surface area (TPSA) is 32.3 Å². The summed E-state index contributed by atoms with van der Waals surface area (Å²) in [6.45, 7) is 2.92. The van der Waals surface area contributed by atoms with Gasteiger partial charge < -0.3 is 10.2 Å². The smallest absolute Gasteiger partial charge is 0.210 e. The van der Waals surface area contributed by atoms with Crippen LogP contribution in [0.3, 0.4) is 0 Å². The second-order valence-electron chi connectivity index (χ2n) is 5.08. The highest BCUT2D eigenvalue weighted by Gasteiger charge is 2.21. The Morgan fingerprint density at radius 3 is 2.95 bits per heavy atom. The molecule has 1 aliphatic rings. The molecule has 1 atom stereocenters. The van der Waals surface area contributed by atoms with Crippen molar-refractivity contribution < 1.29 is 4.79 Å². The second-order valence-corrected chi connectivity index (χ2v) is 5.52. The lowest BCUT2D eigenvalue weighted by Crippen LogP contribution is -2.36. The van der Waals surface area contributed by atoms with E-state index in [1.54, 1.807) is 0 Å². The van der Waals surface area contributed by atoms with Crippen LogP contribution in [0.4, 0.5) is 5.69 Å². The maximum atomic E-state index is 11.1. The van der Waals surface area contributed by atoms with E-state index in [1.165, 1.54) is 5.57 Å². The highest BCUT2D eigenvalue weighted by atomic mass is 35.5. The molecule has 0 saturated carbocycles. The Morgan fingerprint density at radius 2 is 2.30 bits per heavy atom. The molecule has 1 aromatic rings. The molecule has 0 saturated heterocycles. The third-order valence-electron chi connectivity index (χ3n) is 3.78. The quantitative estimate of drug-likeness (QED) is 0.837. The van der Waals surface area contributed by atoms with Crippen molar-refractivity contribution in [3.8, 4) is 0 Å². The van der Waals surface area contributed by atoms with E-state index in [0.29, 0.717) is 0 Å². The lowest BCUT2D eigenvalue weighted by molar-refractivity contribution is -0.119. The van der Waals surface area contributed by atoms with E-state index in [-0.39, 0.29) is 6.04 Å². The Morgan fingerprint density at radius 1 is 1.50 bits per heavy atom. The van der Waals surface area contributed by atoms with E-state index >= 15 is 0 Å². The first-order chi connectivity index (χ1) is 9.69. The van der Waals surface area contributed by atoms with Crippen molar-refractivity contribution in [2.75, 3.05) is 18.9 Å². The Balaban J connectivity index is 2.36. The van der Waals surface area contributed by atoms with Crippen molar-refractivity contribution in [2.24, 2.45) is 0 Å². The van der Waals surface area contributed by atoms with E-state index in [4.69, 9.17) is 11.6 Å². The summed E-state index contributed by atoms with van der Waals surface area (Å²) < 4.78 is 0. The molecule has 0 aromatic heterocycles. The van der Waals surface area contributed by atoms with Crippen LogP contribution >= 0.6 is 11.6 Å². The SMILES string of the molecule is CCCC1C=C(c2cc(Cl)ccc2NC)CCN1C=O. The summed E-state index contributed by atoms with van der Waals surface area (Å²) in [6.07, 6.45) is 6.11. The number of hydrogen-bond donors (Lipinski definition) is 1. The van der Waals surface area contributed by atoms with Gasteiger partial charge in [-0.05, 0) is 36.6 Å². The fraction of sp³-hybridized carbons (Fsp3) is 0.438. The first-order valence-electron chi connectivity index (χ1n) is 7.09. The zero-order valence-electron chi connectivity index (χ0n) is 12.0. The van der Waals surface area contributed by atoms with Gasteiger partial charge in [0.25, 0.3) is 0 Å². The zero-order chi connectivity index (χ0) is 14.5. The van der Waals surface area contributed by atoms with Gasteiger partial charge in [-0.2, -0.15) is 0 Å². The summed E-state index contributed by atoms with van der Waals surface area (Å²) >= 11 is 6.12. The molecule has 1 aliphatic heterocycles. The Labute approximate surface area is 125 Å². The summed E-state index contributed by atoms with van der Waals surface area (Å²) in [5, 5.41) is 3.95. The van der Waals surface area contributed by atoms with Gasteiger partial charge in [0.2, 0.25) is 6.41 Å². The van der Waals surface area contributed by atoms with Crippen molar-refractivity contribution in [3.63, 3.8) is 0 Å². The molecule has 1 unspecified atom stereocenters. The minimum Gasteiger partial charge on any atom is -0.388 e. The minimum absolute atomic E-state index is 0.199. The molecule has 2 rings (SSSR count). The van der Waals surface area contributed by atoms with Gasteiger partial charge in [0.15, 0.2) is 0 Å². The number of carbonyl (C=O) groups is 1. The summed E-state index contributed by atoms with van der Waals surface area (Å²) in [4.78, 5) is 13.0. The molecule has 0 spiro atoms. The van der Waals surface area contributed by atoms with Gasteiger partial charge in [-0.15, -0.1) is 0 Å². The van der Waals surface area contributed by atoms with E-state index in [0.717, 1.165) is 48.5 Å². The Kier molecular flexibility index (Phi) is 5.07. The molecule has 108 valence electrons. The first kappa shape index (κ1) is 14.9. The summed E-state index contributed by atoms with van der Waals surface area (Å²) in [6, 6.07) is 6.09. The Bertz CT molecular complexity index is 513. The number of nitrogens with one attached hydrogen (secondary N) is 1. The highest BCUT2D eigenvalue weighted by molar-refractivity contribution is 6.30. The largest absolute Gasteiger partial charge is 0.388 e. The predicted molar refractivity (Wildman–Crippen MR) is 85.1 cm³/mol. The van der Waals surface area contributed by atoms with Crippen LogP contribution in [0.5, 0.6) is 0 Å². The molecule has 1 amide bonds. The summed E-state index contributed by atoms with van der Waals surface area (Å²) in [5.74, 6) is 0. The van der Waals surface area contributed by atoms with Crippen LogP contribution in [0.25, 0.3) is 5.57 Å². The number of benzene rings is 1. The van der Waals surface area contributed by atoms with E-state index in [9.17, 15) is 4.79 Å². The van der Waals surface area contributed by atoms with Gasteiger partial charge in [-0.3, -0.25) is 4.79 Å². The fourth-order valence-electron chi connectivity index (χ4n) is 2.73. The van der Waals surface area contributed by atoms with Gasteiger partial charge >= 0.3 is 0 Å². The molecular formula is C16H21ClN2O. The predicted octanol–water partition coefficient (Wildman–Crippen LogP) is 3.80. The number of halogens is 1. The molecule has 3 nitrogen and oxygen atoms in total. The van der Waals surface area contributed by atoms with E-state index in [2.05, 4.69) is 18.3 Å². The summed E-state index contributed by atoms with van der Waals surface area (Å²) in [7, 11) is 1.91. The molecule has 0 aliphatic carbocycles. The van der Waals surface area contributed by atoms with Crippen LogP contribution in [-0.2, 0) is 4.79 Å². The van der Waals surface area contributed by atoms with Crippen molar-refractivity contribution in [2.45, 2.75) is 32.2 Å². The van der Waals surface area contributed by atoms with E-state index < -0.39 is 0 Å². The molecule has 1 N–H and O–H groups in total. The normalized spacial score (nSPS) is 18.6. The number of hydrogen-bond acceptors (Lipinski definition) is 2. The number of amides is 1. The lowest BCUT2D eigenvalue weighted by atomic mass is 9.93. The third kappa shape index (κ3) is 3.15. The third-order valence-corrected chi connectivity index (χ3v) is 4.01. The van der Waals surface area contributed by atoms with Crippen LogP contribution in [-0.4, -0.2) is 30.9 Å².